The molecule has 0 atom stereocenters. The van der Waals surface area contributed by atoms with Crippen LogP contribution in [0.1, 0.15) is 67.2 Å². The Morgan fingerprint density at radius 2 is 1.86 bits per heavy atom. The lowest BCUT2D eigenvalue weighted by Gasteiger charge is -2.42. The largest absolute Gasteiger partial charge is 0.400 e. The predicted molar refractivity (Wildman–Crippen MR) is 124 cm³/mol. The van der Waals surface area contributed by atoms with Gasteiger partial charge >= 0.3 is 6.18 Å². The van der Waals surface area contributed by atoms with Gasteiger partial charge in [-0.25, -0.2) is 8.78 Å². The topological polar surface area (TPSA) is 107 Å². The maximum atomic E-state index is 14.2. The van der Waals surface area contributed by atoms with Crippen LogP contribution in [0.4, 0.5) is 22.0 Å². The van der Waals surface area contributed by atoms with E-state index in [1.165, 1.54) is 16.9 Å². The molecule has 1 amide bonds. The zero-order chi connectivity index (χ0) is 26.0. The number of nitrogens with two attached hydrogens (primary N) is 1. The van der Waals surface area contributed by atoms with Crippen molar-refractivity contribution >= 4 is 32.7 Å². The molecular formula is C23H21BrF5N5O2. The Balaban J connectivity index is 1.73. The smallest absolute Gasteiger partial charge is 0.364 e. The Kier molecular flexibility index (Phi) is 5.77. The van der Waals surface area contributed by atoms with Crippen molar-refractivity contribution in [3.63, 3.8) is 0 Å². The highest BCUT2D eigenvalue weighted by molar-refractivity contribution is 9.10. The maximum absolute atomic E-state index is 14.2. The standard InChI is InChI=1S/C23H21BrF5N5O2/c24-16-18(13-10-14(35)15-12(32-13)4-9-31-17(15)20(30)36)34(11-2-7-22(25,26)8-3-11)33-19(16)21(5-1-6-21)23(27,28)29/h4,9-11H,1-3,5-8H2,(H2,30,36)(H,32,35). The number of aromatic nitrogens is 4. The first-order valence-corrected chi connectivity index (χ1v) is 12.2. The van der Waals surface area contributed by atoms with Gasteiger partial charge in [0.25, 0.3) is 5.91 Å². The number of fused-ring (bicyclic) bond motifs is 1. The van der Waals surface area contributed by atoms with Crippen LogP contribution in [0.25, 0.3) is 22.3 Å². The molecule has 2 aliphatic rings. The lowest BCUT2D eigenvalue weighted by Crippen LogP contribution is -2.48. The Bertz CT molecular complexity index is 1420. The highest BCUT2D eigenvalue weighted by Crippen LogP contribution is 2.57. The number of H-pyrrole nitrogens is 1. The van der Waals surface area contributed by atoms with E-state index in [0.717, 1.165) is 6.07 Å². The molecule has 0 aliphatic heterocycles. The number of halogens is 6. The molecule has 0 bridgehead atoms. The van der Waals surface area contributed by atoms with Crippen molar-refractivity contribution in [2.24, 2.45) is 5.73 Å². The summed E-state index contributed by atoms with van der Waals surface area (Å²) in [7, 11) is 0. The fraction of sp³-hybridized carbons (Fsp3) is 0.478. The predicted octanol–water partition coefficient (Wildman–Crippen LogP) is 5.38. The molecule has 36 heavy (non-hydrogen) atoms. The highest BCUT2D eigenvalue weighted by Gasteiger charge is 2.62. The van der Waals surface area contributed by atoms with Crippen LogP contribution in [-0.4, -0.2) is 37.8 Å². The number of hydrogen-bond donors (Lipinski definition) is 2. The van der Waals surface area contributed by atoms with Crippen molar-refractivity contribution in [3.8, 4) is 11.4 Å². The molecule has 0 unspecified atom stereocenters. The summed E-state index contributed by atoms with van der Waals surface area (Å²) in [4.78, 5) is 31.6. The molecule has 0 spiro atoms. The number of primary amides is 1. The van der Waals surface area contributed by atoms with E-state index in [4.69, 9.17) is 5.73 Å². The number of pyridine rings is 2. The van der Waals surface area contributed by atoms with Gasteiger partial charge < -0.3 is 10.7 Å². The number of rotatable bonds is 4. The Morgan fingerprint density at radius 3 is 2.42 bits per heavy atom. The summed E-state index contributed by atoms with van der Waals surface area (Å²) in [6.07, 6.45) is -4.02. The number of aromatic amines is 1. The van der Waals surface area contributed by atoms with Crippen molar-refractivity contribution < 1.29 is 26.7 Å². The van der Waals surface area contributed by atoms with Crippen LogP contribution in [0.3, 0.4) is 0 Å². The number of alkyl halides is 5. The van der Waals surface area contributed by atoms with Gasteiger partial charge in [-0.2, -0.15) is 18.3 Å². The van der Waals surface area contributed by atoms with Crippen LogP contribution in [-0.2, 0) is 5.41 Å². The second-order valence-electron chi connectivity index (χ2n) is 9.47. The van der Waals surface area contributed by atoms with Gasteiger partial charge in [-0.05, 0) is 47.7 Å². The molecule has 5 rings (SSSR count). The fourth-order valence-corrected chi connectivity index (χ4v) is 6.05. The Labute approximate surface area is 209 Å². The minimum absolute atomic E-state index is 0.0140. The van der Waals surface area contributed by atoms with Gasteiger partial charge in [0, 0.05) is 25.1 Å². The van der Waals surface area contributed by atoms with E-state index in [0.29, 0.717) is 6.42 Å². The van der Waals surface area contributed by atoms with Gasteiger partial charge in [0.2, 0.25) is 5.92 Å². The van der Waals surface area contributed by atoms with Gasteiger partial charge in [0.05, 0.1) is 38.5 Å². The molecule has 3 N–H and O–H groups in total. The number of hydrogen-bond acceptors (Lipinski definition) is 4. The van der Waals surface area contributed by atoms with E-state index in [2.05, 4.69) is 31.0 Å². The highest BCUT2D eigenvalue weighted by atomic mass is 79.9. The van der Waals surface area contributed by atoms with Crippen LogP contribution in [0.5, 0.6) is 0 Å². The third kappa shape index (κ3) is 3.82. The van der Waals surface area contributed by atoms with E-state index in [1.807, 2.05) is 0 Å². The van der Waals surface area contributed by atoms with Crippen molar-refractivity contribution in [2.75, 3.05) is 0 Å². The van der Waals surface area contributed by atoms with Crippen LogP contribution in [0.2, 0.25) is 0 Å². The van der Waals surface area contributed by atoms with Crippen molar-refractivity contribution in [2.45, 2.75) is 68.5 Å². The number of carbonyl (C=O) groups excluding carboxylic acids is 1. The summed E-state index contributed by atoms with van der Waals surface area (Å²) in [5, 5.41) is 4.31. The van der Waals surface area contributed by atoms with Gasteiger partial charge in [0.1, 0.15) is 11.1 Å². The molecule has 2 aliphatic carbocycles. The first-order valence-electron chi connectivity index (χ1n) is 11.4. The molecule has 7 nitrogen and oxygen atoms in total. The summed E-state index contributed by atoms with van der Waals surface area (Å²) in [5.41, 5.74) is 2.59. The molecule has 192 valence electrons. The van der Waals surface area contributed by atoms with E-state index in [-0.39, 0.29) is 63.8 Å². The lowest BCUT2D eigenvalue weighted by atomic mass is 9.66. The van der Waals surface area contributed by atoms with Crippen LogP contribution >= 0.6 is 15.9 Å². The quantitative estimate of drug-likeness (QED) is 0.408. The van der Waals surface area contributed by atoms with Gasteiger partial charge in [0.15, 0.2) is 5.43 Å². The van der Waals surface area contributed by atoms with E-state index < -0.39 is 47.7 Å². The SMILES string of the molecule is NC(=O)c1nccc2[nH]c(-c3c(Br)c(C4(C(F)(F)F)CCC4)nn3C3CCC(F)(F)CC3)cc(=O)c12. The number of carbonyl (C=O) groups is 1. The molecule has 3 heterocycles. The minimum Gasteiger partial charge on any atom is -0.364 e. The van der Waals surface area contributed by atoms with Crippen LogP contribution in [0, 0.1) is 0 Å². The zero-order valence-corrected chi connectivity index (χ0v) is 20.3. The first kappa shape index (κ1) is 24.8. The normalized spacial score (nSPS) is 19.8. The summed E-state index contributed by atoms with van der Waals surface area (Å²) < 4.78 is 71.8. The monoisotopic (exact) mass is 573 g/mol. The van der Waals surface area contributed by atoms with Crippen molar-refractivity contribution in [1.29, 1.82) is 0 Å². The third-order valence-corrected chi connectivity index (χ3v) is 8.07. The van der Waals surface area contributed by atoms with E-state index >= 15 is 0 Å². The second-order valence-corrected chi connectivity index (χ2v) is 10.3. The Hall–Kier alpha value is -2.83. The van der Waals surface area contributed by atoms with Crippen molar-refractivity contribution in [1.82, 2.24) is 19.7 Å². The molecule has 13 heteroatoms. The fourth-order valence-electron chi connectivity index (χ4n) is 5.19. The third-order valence-electron chi connectivity index (χ3n) is 7.32. The molecule has 2 saturated carbocycles. The number of nitrogens with one attached hydrogen (secondary N) is 1. The molecule has 0 saturated heterocycles. The maximum Gasteiger partial charge on any atom is 0.400 e. The molecular weight excluding hydrogens is 553 g/mol. The average molecular weight is 574 g/mol. The average Bonchev–Trinajstić information content (AvgIpc) is 3.08. The molecule has 0 radical (unpaired) electrons. The number of amides is 1. The minimum atomic E-state index is -4.57. The molecule has 0 aromatic carbocycles. The summed E-state index contributed by atoms with van der Waals surface area (Å²) >= 11 is 3.32. The number of nitrogens with zero attached hydrogens (tertiary/aromatic N) is 3. The van der Waals surface area contributed by atoms with Crippen LogP contribution in [0.15, 0.2) is 27.6 Å². The summed E-state index contributed by atoms with van der Waals surface area (Å²) in [5.74, 6) is -3.76. The van der Waals surface area contributed by atoms with E-state index in [9.17, 15) is 31.5 Å². The van der Waals surface area contributed by atoms with E-state index in [1.54, 1.807) is 0 Å². The molecule has 3 aromatic heterocycles. The van der Waals surface area contributed by atoms with Gasteiger partial charge in [-0.3, -0.25) is 19.3 Å². The molecule has 3 aromatic rings. The van der Waals surface area contributed by atoms with Crippen molar-refractivity contribution in [3.05, 3.63) is 44.4 Å². The summed E-state index contributed by atoms with van der Waals surface area (Å²) in [6, 6.07) is 1.98. The Morgan fingerprint density at radius 1 is 1.19 bits per heavy atom. The zero-order valence-electron chi connectivity index (χ0n) is 18.8. The van der Waals surface area contributed by atoms with Gasteiger partial charge in [-0.1, -0.05) is 6.42 Å². The summed E-state index contributed by atoms with van der Waals surface area (Å²) in [6.45, 7) is 0. The second kappa shape index (κ2) is 8.35. The lowest BCUT2D eigenvalue weighted by molar-refractivity contribution is -0.214. The molecule has 2 fully saturated rings. The van der Waals surface area contributed by atoms with Crippen LogP contribution < -0.4 is 11.2 Å². The van der Waals surface area contributed by atoms with Gasteiger partial charge in [-0.15, -0.1) is 0 Å². The first-order chi connectivity index (χ1) is 16.8.